The highest BCUT2D eigenvalue weighted by atomic mass is 19.1. The Bertz CT molecular complexity index is 1430. The lowest BCUT2D eigenvalue weighted by Gasteiger charge is -2.53. The molecular formula is C27H24FN3O3. The molecule has 34 heavy (non-hydrogen) atoms. The summed E-state index contributed by atoms with van der Waals surface area (Å²) >= 11 is 0. The Morgan fingerprint density at radius 3 is 2.56 bits per heavy atom. The van der Waals surface area contributed by atoms with Gasteiger partial charge in [0.15, 0.2) is 11.4 Å². The number of hydrogen-bond acceptors (Lipinski definition) is 4. The molecule has 1 amide bonds. The molecule has 3 aromatic rings. The molecular weight excluding hydrogens is 433 g/mol. The summed E-state index contributed by atoms with van der Waals surface area (Å²) in [4.78, 5) is 27.7. The van der Waals surface area contributed by atoms with Gasteiger partial charge in [-0.3, -0.25) is 19.3 Å². The zero-order valence-electron chi connectivity index (χ0n) is 18.6. The van der Waals surface area contributed by atoms with Crippen molar-refractivity contribution < 1.29 is 14.3 Å². The van der Waals surface area contributed by atoms with Crippen LogP contribution in [-0.4, -0.2) is 33.3 Å². The smallest absolute Gasteiger partial charge is 0.278 e. The maximum atomic E-state index is 15.1. The third-order valence-electron chi connectivity index (χ3n) is 8.45. The molecule has 2 heterocycles. The highest BCUT2D eigenvalue weighted by Gasteiger charge is 2.59. The number of hydrogen-bond donors (Lipinski definition) is 1. The Balaban J connectivity index is 1.54. The maximum Gasteiger partial charge on any atom is 0.278 e. The van der Waals surface area contributed by atoms with Gasteiger partial charge in [-0.15, -0.1) is 0 Å². The molecule has 4 aliphatic rings. The summed E-state index contributed by atoms with van der Waals surface area (Å²) in [5.74, 6) is -1.01. The fourth-order valence-corrected chi connectivity index (χ4v) is 6.74. The van der Waals surface area contributed by atoms with Crippen molar-refractivity contribution in [3.8, 4) is 5.75 Å². The van der Waals surface area contributed by atoms with Gasteiger partial charge in [-0.1, -0.05) is 36.4 Å². The first-order valence-corrected chi connectivity index (χ1v) is 11.9. The van der Waals surface area contributed by atoms with E-state index in [1.54, 1.807) is 21.8 Å². The number of pyridine rings is 1. The van der Waals surface area contributed by atoms with Gasteiger partial charge in [-0.2, -0.15) is 0 Å². The lowest BCUT2D eigenvalue weighted by molar-refractivity contribution is 0.0437. The zero-order valence-corrected chi connectivity index (χ0v) is 18.6. The summed E-state index contributed by atoms with van der Waals surface area (Å²) in [7, 11) is 0. The van der Waals surface area contributed by atoms with Crippen LogP contribution < -0.4 is 10.4 Å². The summed E-state index contributed by atoms with van der Waals surface area (Å²) in [6.07, 6.45) is 5.81. The van der Waals surface area contributed by atoms with E-state index in [0.717, 1.165) is 36.8 Å². The third-order valence-corrected chi connectivity index (χ3v) is 8.45. The normalized spacial score (nSPS) is 25.0. The molecule has 1 fully saturated rings. The molecule has 0 radical (unpaired) electrons. The summed E-state index contributed by atoms with van der Waals surface area (Å²) < 4.78 is 16.7. The lowest BCUT2D eigenvalue weighted by Crippen LogP contribution is -2.65. The van der Waals surface area contributed by atoms with Crippen molar-refractivity contribution in [1.29, 1.82) is 0 Å². The van der Waals surface area contributed by atoms with Gasteiger partial charge in [0.2, 0.25) is 5.43 Å². The molecule has 1 aromatic heterocycles. The molecule has 2 atom stereocenters. The van der Waals surface area contributed by atoms with Crippen molar-refractivity contribution >= 4 is 5.91 Å². The van der Waals surface area contributed by atoms with E-state index in [4.69, 9.17) is 0 Å². The van der Waals surface area contributed by atoms with Gasteiger partial charge in [0.05, 0.1) is 0 Å². The fourth-order valence-electron chi connectivity index (χ4n) is 6.74. The molecule has 3 aliphatic carbocycles. The van der Waals surface area contributed by atoms with Crippen molar-refractivity contribution in [3.05, 3.63) is 98.7 Å². The lowest BCUT2D eigenvalue weighted by atomic mass is 9.81. The molecule has 1 aliphatic heterocycles. The maximum absolute atomic E-state index is 15.1. The zero-order chi connectivity index (χ0) is 23.2. The van der Waals surface area contributed by atoms with Crippen LogP contribution in [0, 0.1) is 11.7 Å². The molecule has 6 nitrogen and oxygen atoms in total. The Morgan fingerprint density at radius 2 is 1.76 bits per heavy atom. The van der Waals surface area contributed by atoms with Gasteiger partial charge in [0.1, 0.15) is 18.0 Å². The Labute approximate surface area is 195 Å². The van der Waals surface area contributed by atoms with Gasteiger partial charge in [0.25, 0.3) is 5.91 Å². The third kappa shape index (κ3) is 2.29. The monoisotopic (exact) mass is 457 g/mol. The minimum absolute atomic E-state index is 0.00647. The number of halogens is 1. The minimum atomic E-state index is -0.715. The van der Waals surface area contributed by atoms with Crippen LogP contribution in [0.3, 0.4) is 0 Å². The van der Waals surface area contributed by atoms with E-state index in [1.807, 2.05) is 18.2 Å². The summed E-state index contributed by atoms with van der Waals surface area (Å²) in [5.41, 5.74) is 2.61. The Kier molecular flexibility index (Phi) is 3.92. The van der Waals surface area contributed by atoms with Crippen molar-refractivity contribution in [2.45, 2.75) is 43.7 Å². The van der Waals surface area contributed by atoms with E-state index in [-0.39, 0.29) is 29.4 Å². The second-order valence-corrected chi connectivity index (χ2v) is 9.92. The molecule has 7 heteroatoms. The van der Waals surface area contributed by atoms with Crippen LogP contribution in [0.4, 0.5) is 4.39 Å². The molecule has 7 rings (SSSR count). The molecule has 0 bridgehead atoms. The SMILES string of the molecule is O=C1c2c(O)c(=O)ccn2N(C23c4ccccc4CC2Cc2c(F)cccc23)CN1C1CCC1. The fraction of sp³-hybridized carbons (Fsp3) is 0.333. The van der Waals surface area contributed by atoms with Crippen molar-refractivity contribution in [2.24, 2.45) is 5.92 Å². The molecule has 1 N–H and O–H groups in total. The van der Waals surface area contributed by atoms with Gasteiger partial charge in [0, 0.05) is 24.2 Å². The van der Waals surface area contributed by atoms with Crippen LogP contribution >= 0.6 is 0 Å². The molecule has 2 aromatic carbocycles. The topological polar surface area (TPSA) is 65.8 Å². The number of amides is 1. The van der Waals surface area contributed by atoms with E-state index in [1.165, 1.54) is 17.7 Å². The number of carbonyl (C=O) groups excluding carboxylic acids is 1. The molecule has 0 spiro atoms. The second-order valence-electron chi connectivity index (χ2n) is 9.92. The highest BCUT2D eigenvalue weighted by molar-refractivity contribution is 5.96. The summed E-state index contributed by atoms with van der Waals surface area (Å²) in [6, 6.07) is 14.9. The molecule has 2 unspecified atom stereocenters. The largest absolute Gasteiger partial charge is 0.502 e. The Morgan fingerprint density at radius 1 is 0.971 bits per heavy atom. The van der Waals surface area contributed by atoms with Crippen LogP contribution in [0.2, 0.25) is 0 Å². The van der Waals surface area contributed by atoms with Crippen LogP contribution in [0.1, 0.15) is 52.0 Å². The van der Waals surface area contributed by atoms with Crippen molar-refractivity contribution in [3.63, 3.8) is 0 Å². The predicted octanol–water partition coefficient (Wildman–Crippen LogP) is 3.27. The number of fused-ring (bicyclic) bond motifs is 6. The first-order chi connectivity index (χ1) is 16.5. The number of carbonyl (C=O) groups is 1. The minimum Gasteiger partial charge on any atom is -0.502 e. The average Bonchev–Trinajstić information content (AvgIpc) is 3.29. The average molecular weight is 458 g/mol. The van der Waals surface area contributed by atoms with E-state index in [2.05, 4.69) is 17.1 Å². The van der Waals surface area contributed by atoms with E-state index < -0.39 is 16.7 Å². The standard InChI is InChI=1S/C27H24FN3O3/c28-22-10-4-9-21-19(22)14-17-13-16-5-1-2-8-20(16)27(17,21)31-15-29(18-6-3-7-18)26(34)24-25(33)23(32)11-12-30(24)31/h1-2,4-5,8-12,17-18,33H,3,6-7,13-15H2. The number of nitrogens with zero attached hydrogens (tertiary/aromatic N) is 3. The van der Waals surface area contributed by atoms with Crippen LogP contribution in [0.25, 0.3) is 0 Å². The number of aromatic nitrogens is 1. The van der Waals surface area contributed by atoms with E-state index >= 15 is 4.39 Å². The number of benzene rings is 2. The second kappa shape index (κ2) is 6.72. The van der Waals surface area contributed by atoms with Gasteiger partial charge < -0.3 is 10.0 Å². The quantitative estimate of drug-likeness (QED) is 0.642. The van der Waals surface area contributed by atoms with Crippen molar-refractivity contribution in [2.75, 3.05) is 11.7 Å². The summed E-state index contributed by atoms with van der Waals surface area (Å²) in [5, 5.41) is 12.9. The van der Waals surface area contributed by atoms with Gasteiger partial charge in [-0.25, -0.2) is 4.39 Å². The first kappa shape index (κ1) is 19.8. The van der Waals surface area contributed by atoms with E-state index in [0.29, 0.717) is 18.7 Å². The molecule has 1 saturated carbocycles. The molecule has 0 saturated heterocycles. The molecule has 172 valence electrons. The van der Waals surface area contributed by atoms with E-state index in [9.17, 15) is 14.7 Å². The first-order valence-electron chi connectivity index (χ1n) is 11.9. The Hall–Kier alpha value is -3.61. The van der Waals surface area contributed by atoms with Crippen molar-refractivity contribution in [1.82, 2.24) is 9.58 Å². The van der Waals surface area contributed by atoms with Crippen LogP contribution in [0.5, 0.6) is 5.75 Å². The predicted molar refractivity (Wildman–Crippen MR) is 124 cm³/mol. The number of aromatic hydroxyl groups is 1. The summed E-state index contributed by atoms with van der Waals surface area (Å²) in [6.45, 7) is 0.305. The van der Waals surface area contributed by atoms with Crippen LogP contribution in [0.15, 0.2) is 59.5 Å². The van der Waals surface area contributed by atoms with Crippen LogP contribution in [-0.2, 0) is 18.4 Å². The highest BCUT2D eigenvalue weighted by Crippen LogP contribution is 2.57. The number of rotatable bonds is 2. The van der Waals surface area contributed by atoms with Gasteiger partial charge in [-0.05, 0) is 60.4 Å². The van der Waals surface area contributed by atoms with Gasteiger partial charge >= 0.3 is 0 Å².